The average Bonchev–Trinajstić information content (AvgIpc) is 4.22. The smallest absolute Gasteiger partial charge is 0.228 e. The molecule has 5 N–H and O–H groups in total. The molecule has 6 aromatic rings. The summed E-state index contributed by atoms with van der Waals surface area (Å²) in [5, 5.41) is 26.6. The quantitative estimate of drug-likeness (QED) is 0.0584. The number of pyridine rings is 2. The first-order valence-corrected chi connectivity index (χ1v) is 20.6. The van der Waals surface area contributed by atoms with E-state index in [1.807, 2.05) is 36.4 Å². The molecule has 4 aromatic heterocycles. The second-order valence-electron chi connectivity index (χ2n) is 14.6. The van der Waals surface area contributed by atoms with Gasteiger partial charge >= 0.3 is 0 Å². The monoisotopic (exact) mass is 876 g/mol. The van der Waals surface area contributed by atoms with Gasteiger partial charge in [-0.3, -0.25) is 19.2 Å². The van der Waals surface area contributed by atoms with Crippen molar-refractivity contribution in [2.45, 2.75) is 52.4 Å². The molecular weight excluding hydrogens is 828 g/mol. The molecule has 2 aliphatic rings. The third kappa shape index (κ3) is 11.6. The summed E-state index contributed by atoms with van der Waals surface area (Å²) in [6.07, 6.45) is 10.8. The van der Waals surface area contributed by atoms with Crippen molar-refractivity contribution < 1.29 is 28.7 Å². The highest BCUT2D eigenvalue weighted by atomic mass is 35.5. The molecule has 328 valence electrons. The highest BCUT2D eigenvalue weighted by molar-refractivity contribution is 6.29. The molecule has 2 aromatic carbocycles. The lowest BCUT2D eigenvalue weighted by molar-refractivity contribution is -0.119. The SMILES string of the molecule is CCC(=O)c1cnc(Cl)cc1Nc1cccc(-c2cnn(C)n2)c1OC.CCC(=O)c1cnc(NC(=O)C2CC2)cc1Nc1cccc(-c2cnn(C)n2)c1OC.NC(=O)C1CC1. The topological polar surface area (TPSA) is 236 Å². The van der Waals surface area contributed by atoms with Gasteiger partial charge < -0.3 is 31.2 Å². The fourth-order valence-corrected chi connectivity index (χ4v) is 6.43. The van der Waals surface area contributed by atoms with E-state index in [1.165, 1.54) is 22.0 Å². The zero-order valence-corrected chi connectivity index (χ0v) is 36.6. The molecule has 8 rings (SSSR count). The number of ether oxygens (including phenoxy) is 2. The van der Waals surface area contributed by atoms with Crippen molar-refractivity contribution in [3.05, 3.63) is 89.6 Å². The molecule has 19 heteroatoms. The fraction of sp³-hybridized carbons (Fsp3) is 0.318. The van der Waals surface area contributed by atoms with E-state index < -0.39 is 0 Å². The number of anilines is 5. The molecule has 63 heavy (non-hydrogen) atoms. The normalized spacial score (nSPS) is 12.7. The van der Waals surface area contributed by atoms with Crippen LogP contribution in [0.4, 0.5) is 28.6 Å². The Kier molecular flexibility index (Phi) is 14.8. The van der Waals surface area contributed by atoms with Crippen LogP contribution >= 0.6 is 11.6 Å². The van der Waals surface area contributed by atoms with E-state index in [0.717, 1.165) is 36.8 Å². The van der Waals surface area contributed by atoms with Gasteiger partial charge in [-0.1, -0.05) is 37.6 Å². The predicted octanol–water partition coefficient (Wildman–Crippen LogP) is 7.33. The Morgan fingerprint density at radius 1 is 0.698 bits per heavy atom. The van der Waals surface area contributed by atoms with E-state index in [-0.39, 0.29) is 35.2 Å². The van der Waals surface area contributed by atoms with Crippen molar-refractivity contribution in [2.24, 2.45) is 31.7 Å². The highest BCUT2D eigenvalue weighted by Crippen LogP contribution is 2.40. The summed E-state index contributed by atoms with van der Waals surface area (Å²) in [4.78, 5) is 58.1. The van der Waals surface area contributed by atoms with Crippen LogP contribution in [-0.2, 0) is 23.7 Å². The zero-order chi connectivity index (χ0) is 45.2. The molecule has 18 nitrogen and oxygen atoms in total. The minimum Gasteiger partial charge on any atom is -0.494 e. The van der Waals surface area contributed by atoms with Gasteiger partial charge in [0, 0.05) is 68.4 Å². The second-order valence-corrected chi connectivity index (χ2v) is 15.0. The molecule has 4 heterocycles. The van der Waals surface area contributed by atoms with Gasteiger partial charge in [-0.05, 0) is 56.0 Å². The maximum atomic E-state index is 12.5. The van der Waals surface area contributed by atoms with Crippen LogP contribution in [0.5, 0.6) is 11.5 Å². The van der Waals surface area contributed by atoms with Gasteiger partial charge in [0.25, 0.3) is 0 Å². The van der Waals surface area contributed by atoms with Crippen LogP contribution in [0.1, 0.15) is 73.1 Å². The number of nitrogens with one attached hydrogen (secondary N) is 3. The first-order chi connectivity index (χ1) is 30.3. The Morgan fingerprint density at radius 3 is 1.57 bits per heavy atom. The number of hydrogen-bond acceptors (Lipinski definition) is 14. The molecule has 0 unspecified atom stereocenters. The third-order valence-corrected chi connectivity index (χ3v) is 10.1. The minimum atomic E-state index is -0.130. The van der Waals surface area contributed by atoms with Gasteiger partial charge in [-0.25, -0.2) is 9.97 Å². The zero-order valence-electron chi connectivity index (χ0n) is 35.8. The lowest BCUT2D eigenvalue weighted by atomic mass is 10.1. The molecule has 2 aliphatic carbocycles. The molecule has 2 amide bonds. The van der Waals surface area contributed by atoms with E-state index in [4.69, 9.17) is 26.8 Å². The number of carbonyl (C=O) groups excluding carboxylic acids is 4. The van der Waals surface area contributed by atoms with Gasteiger partial charge in [0.1, 0.15) is 22.4 Å². The molecular formula is C44H49ClN12O6. The predicted molar refractivity (Wildman–Crippen MR) is 239 cm³/mol. The number of primary amides is 1. The molecule has 0 atom stereocenters. The lowest BCUT2D eigenvalue weighted by Gasteiger charge is -2.17. The fourth-order valence-electron chi connectivity index (χ4n) is 6.27. The van der Waals surface area contributed by atoms with Crippen LogP contribution in [-0.4, -0.2) is 77.6 Å². The Balaban J connectivity index is 0.000000187. The standard InChI is InChI=1S/C22H24N6O3.C18H18ClN5O2.C4H7NO/c1-4-19(29)15-11-23-20(26-22(30)13-8-9-13)10-17(15)25-16-7-5-6-14(21(16)31-3)18-12-24-28(2)27-18;1-4-16(25)12-9-20-17(19)8-14(12)22-13-7-5-6-11(18(13)26-3)15-10-21-24(2)23-15;5-4(6)3-1-2-3/h5-7,10-13H,4,8-9H2,1-3H3,(H2,23,25,26,30);5-10H,4H2,1-3H3,(H,20,22);3H,1-2H2,(H2,5,6). The van der Waals surface area contributed by atoms with Crippen LogP contribution in [0.3, 0.4) is 0 Å². The molecule has 0 bridgehead atoms. The number of Topliss-reactive ketones (excluding diaryl/α,β-unsaturated/α-hetero) is 2. The largest absolute Gasteiger partial charge is 0.494 e. The van der Waals surface area contributed by atoms with Gasteiger partial charge in [0.15, 0.2) is 23.1 Å². The van der Waals surface area contributed by atoms with E-state index in [9.17, 15) is 19.2 Å². The van der Waals surface area contributed by atoms with Crippen molar-refractivity contribution in [1.82, 2.24) is 40.0 Å². The summed E-state index contributed by atoms with van der Waals surface area (Å²) in [6, 6.07) is 14.5. The highest BCUT2D eigenvalue weighted by Gasteiger charge is 2.30. The van der Waals surface area contributed by atoms with E-state index in [1.54, 1.807) is 66.7 Å². The number of nitrogens with zero attached hydrogens (tertiary/aromatic N) is 8. The number of aromatic nitrogens is 8. The third-order valence-electron chi connectivity index (χ3n) is 9.92. The van der Waals surface area contributed by atoms with Crippen LogP contribution in [0.15, 0.2) is 73.3 Å². The summed E-state index contributed by atoms with van der Waals surface area (Å²) >= 11 is 6.02. The number of ketones is 2. The summed E-state index contributed by atoms with van der Waals surface area (Å²) < 4.78 is 11.3. The number of amides is 2. The molecule has 2 saturated carbocycles. The Morgan fingerprint density at radius 2 is 1.17 bits per heavy atom. The average molecular weight is 877 g/mol. The van der Waals surface area contributed by atoms with Crippen molar-refractivity contribution in [2.75, 3.05) is 30.2 Å². The Hall–Kier alpha value is -7.21. The number of halogens is 1. The van der Waals surface area contributed by atoms with Crippen molar-refractivity contribution in [1.29, 1.82) is 0 Å². The van der Waals surface area contributed by atoms with Gasteiger partial charge in [0.05, 0.1) is 60.5 Å². The van der Waals surface area contributed by atoms with Crippen molar-refractivity contribution >= 4 is 63.5 Å². The summed E-state index contributed by atoms with van der Waals surface area (Å²) in [5.74, 6) is 1.60. The molecule has 2 fully saturated rings. The number of benzene rings is 2. The Labute approximate surface area is 368 Å². The number of rotatable bonds is 15. The van der Waals surface area contributed by atoms with Crippen LogP contribution in [0.2, 0.25) is 5.15 Å². The van der Waals surface area contributed by atoms with Crippen LogP contribution in [0, 0.1) is 11.8 Å². The van der Waals surface area contributed by atoms with Crippen molar-refractivity contribution in [3.8, 4) is 34.0 Å². The molecule has 0 saturated heterocycles. The van der Waals surface area contributed by atoms with E-state index in [0.29, 0.717) is 80.6 Å². The minimum absolute atomic E-state index is 0.0271. The summed E-state index contributed by atoms with van der Waals surface area (Å²) in [5.41, 5.74) is 11.1. The summed E-state index contributed by atoms with van der Waals surface area (Å²) in [7, 11) is 6.65. The number of hydrogen-bond donors (Lipinski definition) is 4. The number of aryl methyl sites for hydroxylation is 2. The first kappa shape index (κ1) is 45.3. The number of methoxy groups -OCH3 is 2. The number of para-hydroxylation sites is 2. The second kappa shape index (κ2) is 20.6. The maximum Gasteiger partial charge on any atom is 0.228 e. The van der Waals surface area contributed by atoms with E-state index >= 15 is 0 Å². The Bertz CT molecular complexity index is 2620. The molecule has 0 radical (unpaired) electrons. The first-order valence-electron chi connectivity index (χ1n) is 20.3. The lowest BCUT2D eigenvalue weighted by Crippen LogP contribution is -2.15. The number of nitrogens with two attached hydrogens (primary N) is 1. The van der Waals surface area contributed by atoms with Gasteiger partial charge in [-0.2, -0.15) is 30.0 Å². The van der Waals surface area contributed by atoms with E-state index in [2.05, 4.69) is 46.3 Å². The van der Waals surface area contributed by atoms with Crippen molar-refractivity contribution in [3.63, 3.8) is 0 Å². The van der Waals surface area contributed by atoms with Crippen LogP contribution < -0.4 is 31.2 Å². The molecule has 0 spiro atoms. The molecule has 0 aliphatic heterocycles. The van der Waals surface area contributed by atoms with Crippen LogP contribution in [0.25, 0.3) is 22.5 Å². The maximum absolute atomic E-state index is 12.5. The van der Waals surface area contributed by atoms with Gasteiger partial charge in [-0.15, -0.1) is 0 Å². The van der Waals surface area contributed by atoms with Gasteiger partial charge in [0.2, 0.25) is 11.8 Å². The summed E-state index contributed by atoms with van der Waals surface area (Å²) in [6.45, 7) is 3.60. The number of carbonyl (C=O) groups is 4.